The van der Waals surface area contributed by atoms with Crippen molar-refractivity contribution in [1.82, 2.24) is 0 Å². The third kappa shape index (κ3) is 14.6. The van der Waals surface area contributed by atoms with Crippen molar-refractivity contribution in [3.8, 4) is 11.5 Å². The van der Waals surface area contributed by atoms with E-state index in [4.69, 9.17) is 67.5 Å². The largest absolute Gasteiger partial charge is 0.493 e. The van der Waals surface area contributed by atoms with Gasteiger partial charge in [-0.25, -0.2) is 0 Å². The van der Waals surface area contributed by atoms with Crippen LogP contribution in [0.5, 0.6) is 11.5 Å². The molecule has 21 heteroatoms. The first kappa shape index (κ1) is 54.5. The number of carbonyl (C=O) groups excluding carboxylic acids is 6. The van der Waals surface area contributed by atoms with Crippen LogP contribution in [-0.4, -0.2) is 60.5 Å². The van der Waals surface area contributed by atoms with E-state index < -0.39 is 47.3 Å². The highest BCUT2D eigenvalue weighted by atomic mass is 35.5. The quantitative estimate of drug-likeness (QED) is 0.0314. The predicted octanol–water partition coefficient (Wildman–Crippen LogP) is 13.0. The molecular weight excluding hydrogens is 1010 g/mol. The molecule has 5 rings (SSSR count). The van der Waals surface area contributed by atoms with Gasteiger partial charge < -0.3 is 30.7 Å². The first-order chi connectivity index (χ1) is 33.3. The van der Waals surface area contributed by atoms with Crippen molar-refractivity contribution in [1.29, 1.82) is 0 Å². The van der Waals surface area contributed by atoms with E-state index in [1.165, 1.54) is 54.6 Å². The number of halogens is 5. The molecule has 4 unspecified atom stereocenters. The number of alkyl halides is 3. The molecule has 16 nitrogen and oxygen atoms in total. The Kier molecular flexibility index (Phi) is 19.8. The zero-order valence-electron chi connectivity index (χ0n) is 38.5. The molecule has 0 aliphatic heterocycles. The maximum absolute atomic E-state index is 13.5. The fraction of sp³-hybridized carbons (Fsp3) is 0.265. The molecule has 0 aliphatic carbocycles. The molecule has 4 N–H and O–H groups in total. The van der Waals surface area contributed by atoms with Crippen LogP contribution in [0.15, 0.2) is 111 Å². The van der Waals surface area contributed by atoms with Crippen LogP contribution in [-0.2, 0) is 25.1 Å². The molecule has 5 aromatic rings. The van der Waals surface area contributed by atoms with Gasteiger partial charge in [0.1, 0.15) is 11.5 Å². The maximum atomic E-state index is 13.5. The lowest BCUT2D eigenvalue weighted by atomic mass is 10.1. The average molecular weight is 1050 g/mol. The number of hydrogen-bond acceptors (Lipinski definition) is 12. The monoisotopic (exact) mass is 1050 g/mol. The highest BCUT2D eigenvalue weighted by Gasteiger charge is 2.26. The van der Waals surface area contributed by atoms with E-state index in [1.807, 2.05) is 13.8 Å². The molecule has 0 radical (unpaired) electrons. The summed E-state index contributed by atoms with van der Waals surface area (Å²) in [6.07, 6.45) is 0. The molecule has 0 saturated carbocycles. The standard InChI is InChI=1S/C49H47Cl5N8O8/c1-7-69-42-22-31(9-14-35(42)25(3)51)55-46(65)37-20-33(11-16-39(37)53)59-61-44(27(5)63)48(67)57-30-13-18-41(29(19-30)24-50)58-49(68)45(28(6)64)62-60-34-12-17-40(54)38(21-34)47(66)56-32-10-15-36(26(4)52)43(23-32)70-8-2/h9-23,25-26,44-45H,7-8,24H2,1-6H3,(H,55,65)(H,56,66)(H,57,67)(H,58,68). The van der Waals surface area contributed by atoms with Crippen molar-refractivity contribution in [3.63, 3.8) is 0 Å². The van der Waals surface area contributed by atoms with Gasteiger partial charge in [0.15, 0.2) is 11.6 Å². The molecule has 4 atom stereocenters. The molecule has 0 saturated heterocycles. The van der Waals surface area contributed by atoms with E-state index in [0.717, 1.165) is 25.0 Å². The van der Waals surface area contributed by atoms with Crippen LogP contribution in [0, 0.1) is 0 Å². The smallest absolute Gasteiger partial charge is 0.258 e. The lowest BCUT2D eigenvalue weighted by molar-refractivity contribution is -0.127. The first-order valence-corrected chi connectivity index (χ1v) is 23.7. The third-order valence-electron chi connectivity index (χ3n) is 10.0. The van der Waals surface area contributed by atoms with E-state index in [0.29, 0.717) is 41.7 Å². The Morgan fingerprint density at radius 3 is 1.37 bits per heavy atom. The van der Waals surface area contributed by atoms with Gasteiger partial charge in [0.2, 0.25) is 12.1 Å². The highest BCUT2D eigenvalue weighted by molar-refractivity contribution is 6.35. The van der Waals surface area contributed by atoms with E-state index in [-0.39, 0.29) is 60.6 Å². The molecule has 0 bridgehead atoms. The van der Waals surface area contributed by atoms with Crippen LogP contribution in [0.2, 0.25) is 10.0 Å². The molecule has 0 heterocycles. The molecule has 366 valence electrons. The third-order valence-corrected chi connectivity index (χ3v) is 11.4. The van der Waals surface area contributed by atoms with Gasteiger partial charge >= 0.3 is 0 Å². The predicted molar refractivity (Wildman–Crippen MR) is 274 cm³/mol. The Morgan fingerprint density at radius 2 is 0.971 bits per heavy atom. The average Bonchev–Trinajstić information content (AvgIpc) is 3.30. The van der Waals surface area contributed by atoms with E-state index in [9.17, 15) is 28.8 Å². The molecule has 4 amide bonds. The Labute approximate surface area is 428 Å². The summed E-state index contributed by atoms with van der Waals surface area (Å²) in [4.78, 5) is 78.8. The minimum absolute atomic E-state index is 0.0433. The molecule has 0 aliphatic rings. The van der Waals surface area contributed by atoms with E-state index >= 15 is 0 Å². The van der Waals surface area contributed by atoms with Gasteiger partial charge in [-0.3, -0.25) is 28.8 Å². The lowest BCUT2D eigenvalue weighted by Crippen LogP contribution is -2.32. The summed E-state index contributed by atoms with van der Waals surface area (Å²) in [5.74, 6) is -3.24. The Bertz CT molecular complexity index is 2860. The van der Waals surface area contributed by atoms with E-state index in [1.54, 1.807) is 50.2 Å². The zero-order chi connectivity index (χ0) is 51.2. The summed E-state index contributed by atoms with van der Waals surface area (Å²) in [6.45, 7) is 10.4. The number of amides is 4. The van der Waals surface area contributed by atoms with Crippen LogP contribution in [0.1, 0.15) is 89.7 Å². The molecule has 5 aromatic carbocycles. The number of hydrogen-bond donors (Lipinski definition) is 4. The van der Waals surface area contributed by atoms with Crippen molar-refractivity contribution < 1.29 is 38.2 Å². The lowest BCUT2D eigenvalue weighted by Gasteiger charge is -2.15. The van der Waals surface area contributed by atoms with Crippen molar-refractivity contribution in [2.24, 2.45) is 20.5 Å². The molecule has 0 fully saturated rings. The van der Waals surface area contributed by atoms with Crippen LogP contribution in [0.25, 0.3) is 0 Å². The van der Waals surface area contributed by atoms with Gasteiger partial charge in [-0.15, -0.1) is 34.8 Å². The summed E-state index contributed by atoms with van der Waals surface area (Å²) in [5.41, 5.74) is 3.39. The van der Waals surface area contributed by atoms with Crippen molar-refractivity contribution in [2.75, 3.05) is 34.5 Å². The number of Topliss-reactive ketones (excluding diaryl/α,β-unsaturated/α-hetero) is 2. The second-order valence-corrected chi connectivity index (χ2v) is 17.7. The first-order valence-electron chi connectivity index (χ1n) is 21.5. The molecule has 70 heavy (non-hydrogen) atoms. The highest BCUT2D eigenvalue weighted by Crippen LogP contribution is 2.35. The minimum atomic E-state index is -1.62. The van der Waals surface area contributed by atoms with Crippen LogP contribution < -0.4 is 30.7 Å². The summed E-state index contributed by atoms with van der Waals surface area (Å²) in [6, 6.07) is 19.7. The Morgan fingerprint density at radius 1 is 0.557 bits per heavy atom. The number of rotatable bonds is 21. The number of carbonyl (C=O) groups is 6. The number of nitrogens with zero attached hydrogens (tertiary/aromatic N) is 4. The number of nitrogens with one attached hydrogen (secondary N) is 4. The van der Waals surface area contributed by atoms with Gasteiger partial charge in [0, 0.05) is 51.9 Å². The minimum Gasteiger partial charge on any atom is -0.493 e. The number of benzene rings is 5. The molecular formula is C49H47Cl5N8O8. The summed E-state index contributed by atoms with van der Waals surface area (Å²) >= 11 is 31.6. The van der Waals surface area contributed by atoms with Crippen LogP contribution in [0.4, 0.5) is 34.1 Å². The number of ether oxygens (including phenoxy) is 2. The van der Waals surface area contributed by atoms with Gasteiger partial charge in [-0.1, -0.05) is 35.3 Å². The normalized spacial score (nSPS) is 13.0. The van der Waals surface area contributed by atoms with Gasteiger partial charge in [0.25, 0.3) is 23.6 Å². The Hall–Kier alpha value is -6.43. The second-order valence-electron chi connectivity index (χ2n) is 15.3. The number of ketones is 2. The van der Waals surface area contributed by atoms with Gasteiger partial charge in [-0.2, -0.15) is 20.5 Å². The fourth-order valence-electron chi connectivity index (χ4n) is 6.54. The number of anilines is 4. The zero-order valence-corrected chi connectivity index (χ0v) is 42.3. The fourth-order valence-corrected chi connectivity index (χ4v) is 7.53. The van der Waals surface area contributed by atoms with Crippen molar-refractivity contribution in [2.45, 2.75) is 70.3 Å². The maximum Gasteiger partial charge on any atom is 0.258 e. The van der Waals surface area contributed by atoms with Crippen molar-refractivity contribution >= 4 is 127 Å². The second kappa shape index (κ2) is 25.4. The summed E-state index contributed by atoms with van der Waals surface area (Å²) in [5, 5.41) is 26.4. The van der Waals surface area contributed by atoms with Gasteiger partial charge in [0.05, 0.1) is 56.5 Å². The topological polar surface area (TPSA) is 218 Å². The van der Waals surface area contributed by atoms with E-state index in [2.05, 4.69) is 41.7 Å². The summed E-state index contributed by atoms with van der Waals surface area (Å²) in [7, 11) is 0. The SMILES string of the molecule is CCOc1cc(NC(=O)c2cc(N=NC(C(C)=O)C(=O)Nc3ccc(NC(=O)C(N=Nc4ccc(Cl)c(C(=O)Nc5ccc(C(C)Cl)c(OCC)c5)c4)C(C)=O)c(CCl)c3)ccc2Cl)ccc1C(C)Cl. The Balaban J connectivity index is 1.25. The van der Waals surface area contributed by atoms with Gasteiger partial charge in [-0.05, 0) is 114 Å². The number of azo groups is 2. The molecule has 0 spiro atoms. The molecule has 0 aromatic heterocycles. The summed E-state index contributed by atoms with van der Waals surface area (Å²) < 4.78 is 11.4. The van der Waals surface area contributed by atoms with Crippen molar-refractivity contribution in [3.05, 3.63) is 129 Å². The van der Waals surface area contributed by atoms with Crippen LogP contribution >= 0.6 is 58.0 Å². The van der Waals surface area contributed by atoms with Crippen LogP contribution in [0.3, 0.4) is 0 Å².